The van der Waals surface area contributed by atoms with Crippen LogP contribution in [0.1, 0.15) is 32.6 Å². The van der Waals surface area contributed by atoms with Gasteiger partial charge in [-0.05, 0) is 25.7 Å². The Morgan fingerprint density at radius 2 is 1.94 bits per heavy atom. The van der Waals surface area contributed by atoms with E-state index in [9.17, 15) is 14.4 Å². The highest BCUT2D eigenvalue weighted by Crippen LogP contribution is 2.34. The van der Waals surface area contributed by atoms with Crippen LogP contribution < -0.4 is 5.32 Å². The van der Waals surface area contributed by atoms with Crippen LogP contribution in [0.4, 0.5) is 4.79 Å². The van der Waals surface area contributed by atoms with Crippen molar-refractivity contribution in [1.82, 2.24) is 10.2 Å². The minimum atomic E-state index is -0.701. The SMILES string of the molecule is C=CC(C)N1C(=O)NC(=O)C(C2CCCC2)C1=O. The number of hydrogen-bond donors (Lipinski definition) is 1. The molecule has 98 valence electrons. The maximum atomic E-state index is 12.3. The molecule has 0 aromatic rings. The number of barbiturate groups is 1. The van der Waals surface area contributed by atoms with Crippen LogP contribution in [0.5, 0.6) is 0 Å². The van der Waals surface area contributed by atoms with Gasteiger partial charge in [-0.25, -0.2) is 4.79 Å². The van der Waals surface area contributed by atoms with E-state index in [-0.39, 0.29) is 11.8 Å². The Morgan fingerprint density at radius 1 is 1.33 bits per heavy atom. The predicted octanol–water partition coefficient (Wildman–Crippen LogP) is 1.45. The number of amides is 4. The minimum Gasteiger partial charge on any atom is -0.277 e. The lowest BCUT2D eigenvalue weighted by molar-refractivity contribution is -0.145. The topological polar surface area (TPSA) is 66.5 Å². The molecule has 1 aliphatic heterocycles. The molecule has 5 nitrogen and oxygen atoms in total. The fraction of sp³-hybridized carbons (Fsp3) is 0.615. The molecule has 0 aromatic carbocycles. The van der Waals surface area contributed by atoms with Crippen LogP contribution in [0.15, 0.2) is 12.7 Å². The van der Waals surface area contributed by atoms with Gasteiger partial charge in [-0.1, -0.05) is 18.9 Å². The van der Waals surface area contributed by atoms with Crippen LogP contribution in [-0.4, -0.2) is 28.8 Å². The number of urea groups is 1. The summed E-state index contributed by atoms with van der Waals surface area (Å²) >= 11 is 0. The molecule has 0 spiro atoms. The lowest BCUT2D eigenvalue weighted by Gasteiger charge is -2.35. The Balaban J connectivity index is 2.24. The maximum absolute atomic E-state index is 12.3. The van der Waals surface area contributed by atoms with Crippen molar-refractivity contribution in [3.63, 3.8) is 0 Å². The van der Waals surface area contributed by atoms with Crippen molar-refractivity contribution < 1.29 is 14.4 Å². The van der Waals surface area contributed by atoms with Gasteiger partial charge in [0.05, 0.1) is 6.04 Å². The molecule has 2 atom stereocenters. The van der Waals surface area contributed by atoms with E-state index in [4.69, 9.17) is 0 Å². The zero-order valence-electron chi connectivity index (χ0n) is 10.5. The van der Waals surface area contributed by atoms with Crippen LogP contribution in [0.25, 0.3) is 0 Å². The average molecular weight is 250 g/mol. The van der Waals surface area contributed by atoms with E-state index in [1.165, 1.54) is 6.08 Å². The van der Waals surface area contributed by atoms with Crippen LogP contribution in [0.2, 0.25) is 0 Å². The molecule has 2 unspecified atom stereocenters. The molecule has 18 heavy (non-hydrogen) atoms. The molecule has 0 radical (unpaired) electrons. The van der Waals surface area contributed by atoms with Crippen molar-refractivity contribution in [1.29, 1.82) is 0 Å². The third kappa shape index (κ3) is 2.05. The van der Waals surface area contributed by atoms with Gasteiger partial charge in [0.2, 0.25) is 11.8 Å². The zero-order valence-corrected chi connectivity index (χ0v) is 10.5. The van der Waals surface area contributed by atoms with Gasteiger partial charge in [-0.2, -0.15) is 0 Å². The third-order valence-electron chi connectivity index (χ3n) is 3.85. The molecule has 2 rings (SSSR count). The van der Waals surface area contributed by atoms with Gasteiger partial charge in [-0.3, -0.25) is 19.8 Å². The second kappa shape index (κ2) is 4.92. The first-order valence-corrected chi connectivity index (χ1v) is 6.36. The first kappa shape index (κ1) is 12.8. The first-order chi connectivity index (χ1) is 8.56. The van der Waals surface area contributed by atoms with Gasteiger partial charge in [-0.15, -0.1) is 6.58 Å². The summed E-state index contributed by atoms with van der Waals surface area (Å²) in [5, 5.41) is 2.28. The van der Waals surface area contributed by atoms with Crippen molar-refractivity contribution in [2.24, 2.45) is 11.8 Å². The van der Waals surface area contributed by atoms with Gasteiger partial charge in [0.1, 0.15) is 5.92 Å². The number of nitrogens with one attached hydrogen (secondary N) is 1. The molecule has 1 saturated heterocycles. The summed E-state index contributed by atoms with van der Waals surface area (Å²) in [5.74, 6) is -1.44. The van der Waals surface area contributed by atoms with Crippen LogP contribution >= 0.6 is 0 Å². The Bertz CT molecular complexity index is 399. The fourth-order valence-electron chi connectivity index (χ4n) is 2.80. The Labute approximate surface area is 106 Å². The van der Waals surface area contributed by atoms with E-state index in [1.54, 1.807) is 6.92 Å². The molecule has 5 heteroatoms. The van der Waals surface area contributed by atoms with Gasteiger partial charge in [0.25, 0.3) is 0 Å². The Morgan fingerprint density at radius 3 is 2.50 bits per heavy atom. The van der Waals surface area contributed by atoms with Crippen LogP contribution in [0.3, 0.4) is 0 Å². The average Bonchev–Trinajstić information content (AvgIpc) is 2.81. The van der Waals surface area contributed by atoms with Gasteiger partial charge < -0.3 is 0 Å². The predicted molar refractivity (Wildman–Crippen MR) is 65.5 cm³/mol. The van der Waals surface area contributed by atoms with E-state index in [0.29, 0.717) is 0 Å². The Hall–Kier alpha value is -1.65. The van der Waals surface area contributed by atoms with Crippen molar-refractivity contribution in [3.8, 4) is 0 Å². The summed E-state index contributed by atoms with van der Waals surface area (Å²) in [4.78, 5) is 37.0. The van der Waals surface area contributed by atoms with Gasteiger partial charge in [0, 0.05) is 0 Å². The van der Waals surface area contributed by atoms with Crippen molar-refractivity contribution in [2.75, 3.05) is 0 Å². The smallest absolute Gasteiger partial charge is 0.277 e. The monoisotopic (exact) mass is 250 g/mol. The maximum Gasteiger partial charge on any atom is 0.331 e. The molecule has 2 fully saturated rings. The molecule has 4 amide bonds. The summed E-state index contributed by atoms with van der Waals surface area (Å²) < 4.78 is 0. The number of carbonyl (C=O) groups excluding carboxylic acids is 3. The molecular weight excluding hydrogens is 232 g/mol. The number of imide groups is 2. The normalized spacial score (nSPS) is 27.3. The molecule has 1 aliphatic carbocycles. The van der Waals surface area contributed by atoms with Crippen LogP contribution in [-0.2, 0) is 9.59 Å². The van der Waals surface area contributed by atoms with Gasteiger partial charge >= 0.3 is 6.03 Å². The van der Waals surface area contributed by atoms with Crippen molar-refractivity contribution >= 4 is 17.8 Å². The lowest BCUT2D eigenvalue weighted by atomic mass is 9.87. The quantitative estimate of drug-likeness (QED) is 0.609. The first-order valence-electron chi connectivity index (χ1n) is 6.36. The zero-order chi connectivity index (χ0) is 13.3. The van der Waals surface area contributed by atoms with Crippen LogP contribution in [0, 0.1) is 11.8 Å². The highest BCUT2D eigenvalue weighted by Gasteiger charge is 2.46. The molecular formula is C13H18N2O3. The summed E-state index contributed by atoms with van der Waals surface area (Å²) in [5.41, 5.74) is 0. The highest BCUT2D eigenvalue weighted by atomic mass is 16.2. The lowest BCUT2D eigenvalue weighted by Crippen LogP contribution is -2.61. The molecule has 1 heterocycles. The third-order valence-corrected chi connectivity index (χ3v) is 3.85. The minimum absolute atomic E-state index is 0.0742. The number of rotatable bonds is 3. The second-order valence-electron chi connectivity index (χ2n) is 5.00. The van der Waals surface area contributed by atoms with E-state index >= 15 is 0 Å². The summed E-state index contributed by atoms with van der Waals surface area (Å²) in [6.07, 6.45) is 5.39. The summed E-state index contributed by atoms with van der Waals surface area (Å²) in [7, 11) is 0. The number of nitrogens with zero attached hydrogens (tertiary/aromatic N) is 1. The van der Waals surface area contributed by atoms with E-state index < -0.39 is 23.9 Å². The molecule has 0 aromatic heterocycles. The number of carbonyl (C=O) groups is 3. The van der Waals surface area contributed by atoms with E-state index in [1.807, 2.05) is 0 Å². The highest BCUT2D eigenvalue weighted by molar-refractivity contribution is 6.16. The van der Waals surface area contributed by atoms with E-state index in [0.717, 1.165) is 30.6 Å². The van der Waals surface area contributed by atoms with Gasteiger partial charge in [0.15, 0.2) is 0 Å². The molecule has 1 N–H and O–H groups in total. The summed E-state index contributed by atoms with van der Waals surface area (Å²) in [6, 6.07) is -1.03. The van der Waals surface area contributed by atoms with E-state index in [2.05, 4.69) is 11.9 Å². The molecule has 2 aliphatic rings. The van der Waals surface area contributed by atoms with Crippen molar-refractivity contribution in [3.05, 3.63) is 12.7 Å². The summed E-state index contributed by atoms with van der Waals surface area (Å²) in [6.45, 7) is 5.30. The van der Waals surface area contributed by atoms with Crippen molar-refractivity contribution in [2.45, 2.75) is 38.6 Å². The largest absolute Gasteiger partial charge is 0.331 e. The second-order valence-corrected chi connectivity index (χ2v) is 5.00. The number of hydrogen-bond acceptors (Lipinski definition) is 3. The molecule has 1 saturated carbocycles. The molecule has 0 bridgehead atoms. The Kier molecular flexibility index (Phi) is 3.50. The fourth-order valence-corrected chi connectivity index (χ4v) is 2.80. The standard InChI is InChI=1S/C13H18N2O3/c1-3-8(2)15-12(17)10(9-6-4-5-7-9)11(16)14-13(15)18/h3,8-10H,1,4-7H2,2H3,(H,14,16,18).